The summed E-state index contributed by atoms with van der Waals surface area (Å²) in [6.07, 6.45) is 3.14. The highest BCUT2D eigenvalue weighted by atomic mass is 16.2. The van der Waals surface area contributed by atoms with Crippen molar-refractivity contribution in [3.63, 3.8) is 0 Å². The van der Waals surface area contributed by atoms with Crippen LogP contribution in [0, 0.1) is 0 Å². The van der Waals surface area contributed by atoms with Gasteiger partial charge in [0.05, 0.1) is 0 Å². The van der Waals surface area contributed by atoms with Crippen LogP contribution in [0.3, 0.4) is 0 Å². The summed E-state index contributed by atoms with van der Waals surface area (Å²) in [7, 11) is 4.01. The largest absolute Gasteiger partial charge is 0.378 e. The van der Waals surface area contributed by atoms with Crippen molar-refractivity contribution in [2.24, 2.45) is 0 Å². The summed E-state index contributed by atoms with van der Waals surface area (Å²) in [6.45, 7) is 0.867. The standard InChI is InChI=1S/C20H24N2O/c1-21(2)18-12-10-17(11-13-18)20(23)22-14-6-9-19(22)15-16-7-4-3-5-8-16/h3-5,7-8,10-13,19H,6,9,14-15H2,1-2H3/t19-/m0/s1. The van der Waals surface area contributed by atoms with Gasteiger partial charge in [0, 0.05) is 37.9 Å². The van der Waals surface area contributed by atoms with E-state index in [1.807, 2.05) is 49.3 Å². The Hall–Kier alpha value is -2.29. The van der Waals surface area contributed by atoms with E-state index in [0.29, 0.717) is 6.04 Å². The Bertz CT molecular complexity index is 649. The van der Waals surface area contributed by atoms with Gasteiger partial charge in [-0.2, -0.15) is 0 Å². The normalized spacial score (nSPS) is 17.3. The molecule has 0 bridgehead atoms. The smallest absolute Gasteiger partial charge is 0.254 e. The summed E-state index contributed by atoms with van der Waals surface area (Å²) in [5.41, 5.74) is 3.21. The summed E-state index contributed by atoms with van der Waals surface area (Å²) in [6, 6.07) is 18.7. The Morgan fingerprint density at radius 1 is 1.09 bits per heavy atom. The third-order valence-corrected chi connectivity index (χ3v) is 4.58. The van der Waals surface area contributed by atoms with Crippen LogP contribution in [0.15, 0.2) is 54.6 Å². The third kappa shape index (κ3) is 3.55. The van der Waals surface area contributed by atoms with Gasteiger partial charge in [0.2, 0.25) is 0 Å². The molecule has 3 rings (SSSR count). The lowest BCUT2D eigenvalue weighted by Gasteiger charge is -2.25. The third-order valence-electron chi connectivity index (χ3n) is 4.58. The lowest BCUT2D eigenvalue weighted by Crippen LogP contribution is -2.36. The predicted octanol–water partition coefficient (Wildman–Crippen LogP) is 3.60. The lowest BCUT2D eigenvalue weighted by molar-refractivity contribution is 0.0736. The van der Waals surface area contributed by atoms with Crippen LogP contribution in [0.4, 0.5) is 5.69 Å². The molecule has 0 spiro atoms. The molecular formula is C20H24N2O. The molecule has 23 heavy (non-hydrogen) atoms. The number of likely N-dealkylation sites (tertiary alicyclic amines) is 1. The van der Waals surface area contributed by atoms with Gasteiger partial charge in [-0.1, -0.05) is 30.3 Å². The molecule has 1 heterocycles. The number of hydrogen-bond acceptors (Lipinski definition) is 2. The summed E-state index contributed by atoms with van der Waals surface area (Å²) >= 11 is 0. The van der Waals surface area contributed by atoms with Crippen molar-refractivity contribution in [3.05, 3.63) is 65.7 Å². The van der Waals surface area contributed by atoms with E-state index in [4.69, 9.17) is 0 Å². The van der Waals surface area contributed by atoms with E-state index in [2.05, 4.69) is 29.2 Å². The number of nitrogens with zero attached hydrogens (tertiary/aromatic N) is 2. The van der Waals surface area contributed by atoms with Crippen molar-refractivity contribution in [1.29, 1.82) is 0 Å². The first-order chi connectivity index (χ1) is 11.1. The molecule has 1 aliphatic rings. The molecule has 1 saturated heterocycles. The molecule has 0 unspecified atom stereocenters. The fourth-order valence-corrected chi connectivity index (χ4v) is 3.27. The van der Waals surface area contributed by atoms with Gasteiger partial charge in [-0.15, -0.1) is 0 Å². The van der Waals surface area contributed by atoms with Gasteiger partial charge in [-0.3, -0.25) is 4.79 Å². The van der Waals surface area contributed by atoms with E-state index in [1.165, 1.54) is 5.56 Å². The molecule has 2 aromatic carbocycles. The van der Waals surface area contributed by atoms with E-state index < -0.39 is 0 Å². The molecule has 2 aromatic rings. The molecule has 1 amide bonds. The van der Waals surface area contributed by atoms with Crippen LogP contribution in [0.5, 0.6) is 0 Å². The van der Waals surface area contributed by atoms with E-state index in [1.54, 1.807) is 0 Å². The van der Waals surface area contributed by atoms with Crippen LogP contribution in [-0.4, -0.2) is 37.5 Å². The van der Waals surface area contributed by atoms with Crippen LogP contribution >= 0.6 is 0 Å². The number of anilines is 1. The van der Waals surface area contributed by atoms with Gasteiger partial charge in [0.15, 0.2) is 0 Å². The lowest BCUT2D eigenvalue weighted by atomic mass is 10.0. The Morgan fingerprint density at radius 3 is 2.43 bits per heavy atom. The molecule has 3 nitrogen and oxygen atoms in total. The quantitative estimate of drug-likeness (QED) is 0.861. The van der Waals surface area contributed by atoms with Gasteiger partial charge < -0.3 is 9.80 Å². The molecule has 0 aliphatic carbocycles. The number of carbonyl (C=O) groups is 1. The Kier molecular flexibility index (Phi) is 4.65. The summed E-state index contributed by atoms with van der Waals surface area (Å²) in [4.78, 5) is 16.9. The van der Waals surface area contributed by atoms with Gasteiger partial charge in [-0.25, -0.2) is 0 Å². The minimum absolute atomic E-state index is 0.161. The zero-order chi connectivity index (χ0) is 16.2. The SMILES string of the molecule is CN(C)c1ccc(C(=O)N2CCC[C@H]2Cc2ccccc2)cc1. The number of carbonyl (C=O) groups excluding carboxylic acids is 1. The number of amides is 1. The number of rotatable bonds is 4. The van der Waals surface area contributed by atoms with Crippen LogP contribution in [0.1, 0.15) is 28.8 Å². The zero-order valence-corrected chi connectivity index (χ0v) is 13.9. The van der Waals surface area contributed by atoms with E-state index in [-0.39, 0.29) is 5.91 Å². The van der Waals surface area contributed by atoms with Crippen LogP contribution in [0.25, 0.3) is 0 Å². The monoisotopic (exact) mass is 308 g/mol. The highest BCUT2D eigenvalue weighted by Crippen LogP contribution is 2.24. The molecule has 1 aliphatic heterocycles. The maximum atomic E-state index is 12.8. The molecule has 1 atom stereocenters. The first-order valence-electron chi connectivity index (χ1n) is 8.27. The van der Waals surface area contributed by atoms with Crippen LogP contribution < -0.4 is 4.90 Å². The molecule has 120 valence electrons. The van der Waals surface area contributed by atoms with Crippen molar-refractivity contribution in [2.75, 3.05) is 25.5 Å². The minimum Gasteiger partial charge on any atom is -0.378 e. The molecule has 3 heteroatoms. The van der Waals surface area contributed by atoms with Crippen molar-refractivity contribution in [2.45, 2.75) is 25.3 Å². The second-order valence-corrected chi connectivity index (χ2v) is 6.43. The van der Waals surface area contributed by atoms with Gasteiger partial charge in [-0.05, 0) is 49.1 Å². The van der Waals surface area contributed by atoms with Crippen LogP contribution in [0.2, 0.25) is 0 Å². The van der Waals surface area contributed by atoms with E-state index >= 15 is 0 Å². The second-order valence-electron chi connectivity index (χ2n) is 6.43. The van der Waals surface area contributed by atoms with Gasteiger partial charge in [0.25, 0.3) is 5.91 Å². The van der Waals surface area contributed by atoms with E-state index in [9.17, 15) is 4.79 Å². The fourth-order valence-electron chi connectivity index (χ4n) is 3.27. The minimum atomic E-state index is 0.161. The Balaban J connectivity index is 1.72. The summed E-state index contributed by atoms with van der Waals surface area (Å²) in [5.74, 6) is 0.161. The molecule has 0 N–H and O–H groups in total. The first-order valence-corrected chi connectivity index (χ1v) is 8.27. The first kappa shape index (κ1) is 15.6. The summed E-state index contributed by atoms with van der Waals surface area (Å²) < 4.78 is 0. The van der Waals surface area contributed by atoms with Crippen molar-refractivity contribution in [1.82, 2.24) is 4.90 Å². The maximum Gasteiger partial charge on any atom is 0.254 e. The van der Waals surface area contributed by atoms with Crippen molar-refractivity contribution in [3.8, 4) is 0 Å². The highest BCUT2D eigenvalue weighted by molar-refractivity contribution is 5.95. The van der Waals surface area contributed by atoms with Crippen molar-refractivity contribution < 1.29 is 4.79 Å². The number of benzene rings is 2. The predicted molar refractivity (Wildman–Crippen MR) is 95.0 cm³/mol. The fraction of sp³-hybridized carbons (Fsp3) is 0.350. The number of hydrogen-bond donors (Lipinski definition) is 0. The molecule has 0 saturated carbocycles. The van der Waals surface area contributed by atoms with Gasteiger partial charge >= 0.3 is 0 Å². The average Bonchev–Trinajstić information content (AvgIpc) is 3.03. The average molecular weight is 308 g/mol. The molecule has 1 fully saturated rings. The van der Waals surface area contributed by atoms with Crippen molar-refractivity contribution >= 4 is 11.6 Å². The maximum absolute atomic E-state index is 12.8. The summed E-state index contributed by atoms with van der Waals surface area (Å²) in [5, 5.41) is 0. The molecule has 0 radical (unpaired) electrons. The Labute approximate surface area is 138 Å². The zero-order valence-electron chi connectivity index (χ0n) is 13.9. The van der Waals surface area contributed by atoms with E-state index in [0.717, 1.165) is 37.1 Å². The van der Waals surface area contributed by atoms with Crippen LogP contribution in [-0.2, 0) is 6.42 Å². The molecular weight excluding hydrogens is 284 g/mol. The Morgan fingerprint density at radius 2 is 1.78 bits per heavy atom. The second kappa shape index (κ2) is 6.86. The molecule has 0 aromatic heterocycles. The van der Waals surface area contributed by atoms with Gasteiger partial charge in [0.1, 0.15) is 0 Å². The topological polar surface area (TPSA) is 23.6 Å². The highest BCUT2D eigenvalue weighted by Gasteiger charge is 2.29.